The van der Waals surface area contributed by atoms with E-state index in [0.29, 0.717) is 0 Å². The molecule has 10 aromatic carbocycles. The number of rotatable bonds is 7. The van der Waals surface area contributed by atoms with Gasteiger partial charge in [-0.2, -0.15) is 0 Å². The molecule has 4 nitrogen and oxygen atoms in total. The molecule has 0 unspecified atom stereocenters. The lowest BCUT2D eigenvalue weighted by molar-refractivity contribution is 0.590. The molecule has 12 aromatic rings. The smallest absolute Gasteiger partial charge is 0.252 e. The van der Waals surface area contributed by atoms with Crippen molar-refractivity contribution < 1.29 is 4.42 Å². The van der Waals surface area contributed by atoms with Gasteiger partial charge in [-0.25, -0.2) is 0 Å². The zero-order valence-corrected chi connectivity index (χ0v) is 51.9. The molecule has 86 heavy (non-hydrogen) atoms. The van der Waals surface area contributed by atoms with E-state index < -0.39 is 0 Å². The van der Waals surface area contributed by atoms with E-state index in [1.54, 1.807) is 0 Å². The maximum absolute atomic E-state index is 6.31. The Labute approximate surface area is 507 Å². The van der Waals surface area contributed by atoms with Gasteiger partial charge in [0.25, 0.3) is 6.71 Å². The van der Waals surface area contributed by atoms with Gasteiger partial charge in [-0.3, -0.25) is 0 Å². The first-order chi connectivity index (χ1) is 41.3. The van der Waals surface area contributed by atoms with Crippen molar-refractivity contribution in [1.29, 1.82) is 0 Å². The molecule has 2 aliphatic heterocycles. The highest BCUT2D eigenvalue weighted by Gasteiger charge is 2.46. The van der Waals surface area contributed by atoms with Crippen LogP contribution in [0.3, 0.4) is 0 Å². The van der Waals surface area contributed by atoms with Gasteiger partial charge in [0.1, 0.15) is 11.2 Å². The van der Waals surface area contributed by atoms with E-state index in [0.717, 1.165) is 33.1 Å². The Kier molecular flexibility index (Phi) is 11.9. The van der Waals surface area contributed by atoms with Crippen molar-refractivity contribution in [2.24, 2.45) is 0 Å². The Morgan fingerprint density at radius 3 is 1.73 bits per heavy atom. The lowest BCUT2D eigenvalue weighted by atomic mass is 9.33. The van der Waals surface area contributed by atoms with E-state index in [4.69, 9.17) is 4.42 Å². The van der Waals surface area contributed by atoms with Crippen molar-refractivity contribution >= 4 is 102 Å². The van der Waals surface area contributed by atoms with Gasteiger partial charge in [-0.15, -0.1) is 0 Å². The highest BCUT2D eigenvalue weighted by Crippen LogP contribution is 2.53. The molecule has 4 heterocycles. The maximum Gasteiger partial charge on any atom is 0.252 e. The third-order valence-electron chi connectivity index (χ3n) is 19.5. The molecule has 0 amide bonds. The van der Waals surface area contributed by atoms with Crippen molar-refractivity contribution in [2.75, 3.05) is 9.80 Å². The molecule has 0 saturated carbocycles. The number of hydrogen-bond donors (Lipinski definition) is 0. The third kappa shape index (κ3) is 7.75. The molecule has 420 valence electrons. The Hall–Kier alpha value is -9.32. The third-order valence-corrected chi connectivity index (χ3v) is 19.5. The van der Waals surface area contributed by atoms with Crippen LogP contribution >= 0.6 is 0 Å². The van der Waals surface area contributed by atoms with Crippen LogP contribution in [0.4, 0.5) is 34.1 Å². The van der Waals surface area contributed by atoms with Crippen LogP contribution in [0.15, 0.2) is 187 Å². The summed E-state index contributed by atoms with van der Waals surface area (Å²) < 4.78 is 8.80. The van der Waals surface area contributed by atoms with E-state index in [9.17, 15) is 0 Å². The predicted octanol–water partition coefficient (Wildman–Crippen LogP) is 20.4. The van der Waals surface area contributed by atoms with Crippen LogP contribution in [0, 0.1) is 48.5 Å². The fourth-order valence-electron chi connectivity index (χ4n) is 15.6. The van der Waals surface area contributed by atoms with Crippen LogP contribution in [0.5, 0.6) is 0 Å². The van der Waals surface area contributed by atoms with Gasteiger partial charge in [0, 0.05) is 49.9 Å². The lowest BCUT2D eigenvalue weighted by Gasteiger charge is -2.46. The van der Waals surface area contributed by atoms with E-state index in [2.05, 4.69) is 293 Å². The number of furan rings is 1. The van der Waals surface area contributed by atoms with Crippen LogP contribution in [0.25, 0.3) is 84.1 Å². The van der Waals surface area contributed by atoms with Crippen LogP contribution in [0.2, 0.25) is 0 Å². The molecule has 0 fully saturated rings. The minimum Gasteiger partial charge on any atom is -0.456 e. The second-order valence-electron chi connectivity index (χ2n) is 26.5. The summed E-state index contributed by atoms with van der Waals surface area (Å²) in [5.74, 6) is 0. The maximum atomic E-state index is 6.31. The van der Waals surface area contributed by atoms with Gasteiger partial charge in [0.05, 0.1) is 28.3 Å². The molecule has 0 N–H and O–H groups in total. The number of para-hydroxylation sites is 2. The predicted molar refractivity (Wildman–Crippen MR) is 370 cm³/mol. The summed E-state index contributed by atoms with van der Waals surface area (Å²) in [4.78, 5) is 5.30. The number of nitrogens with zero attached hydrogens (tertiary/aromatic N) is 3. The summed E-state index contributed by atoms with van der Waals surface area (Å²) in [7, 11) is 0. The number of anilines is 6. The highest BCUT2D eigenvalue weighted by molar-refractivity contribution is 7.00. The van der Waals surface area contributed by atoms with Crippen molar-refractivity contribution in [3.05, 3.63) is 249 Å². The summed E-state index contributed by atoms with van der Waals surface area (Å²) >= 11 is 0. The molecule has 3 aliphatic rings. The minimum absolute atomic E-state index is 0.0615. The summed E-state index contributed by atoms with van der Waals surface area (Å²) in [6.45, 7) is 34.4. The number of benzene rings is 10. The molecule has 0 saturated heterocycles. The first-order valence-electron chi connectivity index (χ1n) is 30.7. The Bertz CT molecular complexity index is 4910. The molecule has 0 atom stereocenters. The Morgan fingerprint density at radius 1 is 0.488 bits per heavy atom. The number of aromatic nitrogens is 1. The molecule has 2 aromatic heterocycles. The fourth-order valence-corrected chi connectivity index (χ4v) is 15.6. The largest absolute Gasteiger partial charge is 0.456 e. The van der Waals surface area contributed by atoms with Gasteiger partial charge in [0.2, 0.25) is 0 Å². The van der Waals surface area contributed by atoms with E-state index in [1.807, 2.05) is 6.07 Å². The number of hydrogen-bond acceptors (Lipinski definition) is 3. The van der Waals surface area contributed by atoms with Gasteiger partial charge in [0.15, 0.2) is 0 Å². The van der Waals surface area contributed by atoms with Gasteiger partial charge in [-0.05, 0) is 245 Å². The van der Waals surface area contributed by atoms with Crippen molar-refractivity contribution in [1.82, 2.24) is 4.57 Å². The summed E-state index contributed by atoms with van der Waals surface area (Å²) in [5, 5.41) is 3.48. The van der Waals surface area contributed by atoms with E-state index in [-0.39, 0.29) is 17.5 Å². The van der Waals surface area contributed by atoms with Gasteiger partial charge < -0.3 is 18.8 Å². The van der Waals surface area contributed by atoms with Crippen LogP contribution in [0.1, 0.15) is 108 Å². The quantitative estimate of drug-likeness (QED) is 0.149. The van der Waals surface area contributed by atoms with Crippen LogP contribution < -0.4 is 26.2 Å². The zero-order chi connectivity index (χ0) is 59.6. The average Bonchev–Trinajstić information content (AvgIpc) is 0.792. The van der Waals surface area contributed by atoms with E-state index >= 15 is 0 Å². The topological polar surface area (TPSA) is 24.6 Å². The summed E-state index contributed by atoms with van der Waals surface area (Å²) in [5.41, 5.74) is 37.5. The standard InChI is InChI=1S/C81H72BN3O/c1-15-22-59-62-44-67-71(45-69(62)83(68(59)16-2)77-47(4)23-21-24-48(77)5)85(79-51(8)37-55(38-52(79)9)53-29-32-65-61(41-53)58-25-17-19-27-64(58)81(65,13)14)73-36-46(3)35-72-76(73)82(67)66-33-31-57(80(10,11)12)43-70(66)84(72)78-49(6)39-56(40-50(78)7)54-30-34-75-63(42-54)60-26-18-20-28-74(60)86-75/h15-45H,2H2,1,3-14H3/b22-15-. The molecule has 0 radical (unpaired) electrons. The lowest BCUT2D eigenvalue weighted by Crippen LogP contribution is -2.61. The molecule has 15 rings (SSSR count). The van der Waals surface area contributed by atoms with Gasteiger partial charge in [-0.1, -0.05) is 150 Å². The average molecular weight is 1110 g/mol. The Morgan fingerprint density at radius 2 is 1.08 bits per heavy atom. The monoisotopic (exact) mass is 1110 g/mol. The molecular formula is C81H72BN3O. The van der Waals surface area contributed by atoms with Crippen molar-refractivity contribution in [2.45, 2.75) is 101 Å². The second-order valence-corrected chi connectivity index (χ2v) is 26.5. The molecule has 0 bridgehead atoms. The highest BCUT2D eigenvalue weighted by atomic mass is 16.3. The molecule has 1 aliphatic carbocycles. The van der Waals surface area contributed by atoms with Crippen LogP contribution in [-0.2, 0) is 10.8 Å². The summed E-state index contributed by atoms with van der Waals surface area (Å²) in [6.07, 6.45) is 6.54. The zero-order valence-electron chi connectivity index (χ0n) is 51.9. The molecule has 5 heteroatoms. The number of aryl methyl sites for hydroxylation is 7. The Balaban J connectivity index is 1.000. The van der Waals surface area contributed by atoms with Gasteiger partial charge >= 0.3 is 0 Å². The SMILES string of the molecule is C=Cc1c(/C=C\C)c2cc3c(cc2n1-c1c(C)cccc1C)N(c1c(C)cc(-c2ccc4c(c2)-c2ccccc2C4(C)C)cc1C)c1cc(C)cc2c1B3c1ccc(C(C)(C)C)cc1N2c1c(C)cc(-c2ccc3oc4ccccc4c3c2)cc1C. The normalized spacial score (nSPS) is 13.9. The first-order valence-corrected chi connectivity index (χ1v) is 30.7. The first kappa shape index (κ1) is 53.4. The second kappa shape index (κ2) is 19.1. The minimum atomic E-state index is -0.1000. The van der Waals surface area contributed by atoms with Crippen molar-refractivity contribution in [3.8, 4) is 39.1 Å². The van der Waals surface area contributed by atoms with Crippen molar-refractivity contribution in [3.63, 3.8) is 0 Å². The number of fused-ring (bicyclic) bond motifs is 11. The van der Waals surface area contributed by atoms with Crippen LogP contribution in [-0.4, -0.2) is 11.3 Å². The molecular weight excluding hydrogens is 1040 g/mol. The number of allylic oxidation sites excluding steroid dienone is 1. The molecule has 0 spiro atoms. The summed E-state index contributed by atoms with van der Waals surface area (Å²) in [6, 6.07) is 64.9. The van der Waals surface area contributed by atoms with E-state index in [1.165, 1.54) is 156 Å². The fraction of sp³-hybridized carbons (Fsp3) is 0.185.